The molecule has 4 heteroatoms. The van der Waals surface area contributed by atoms with Gasteiger partial charge >= 0.3 is 0 Å². The van der Waals surface area contributed by atoms with Crippen molar-refractivity contribution >= 4 is 53.7 Å². The number of hydrogen-bond donors (Lipinski definition) is 0. The Labute approximate surface area is 161 Å². The van der Waals surface area contributed by atoms with Crippen molar-refractivity contribution in [2.24, 2.45) is 0 Å². The van der Waals surface area contributed by atoms with Crippen molar-refractivity contribution in [1.29, 1.82) is 0 Å². The Morgan fingerprint density at radius 3 is 2.04 bits per heavy atom. The molecule has 0 unspecified atom stereocenters. The zero-order valence-electron chi connectivity index (χ0n) is 12.2. The van der Waals surface area contributed by atoms with E-state index in [-0.39, 0.29) is 0 Å². The fourth-order valence-corrected chi connectivity index (χ4v) is 4.02. The molecule has 0 aromatic heterocycles. The summed E-state index contributed by atoms with van der Waals surface area (Å²) in [7, 11) is 0. The average Bonchev–Trinajstić information content (AvgIpc) is 2.59. The first-order valence-corrected chi connectivity index (χ1v) is 9.46. The highest BCUT2D eigenvalue weighted by Gasteiger charge is 2.10. The smallest absolute Gasteiger partial charge is 0.0628 e. The molecule has 116 valence electrons. The Morgan fingerprint density at radius 2 is 1.35 bits per heavy atom. The van der Waals surface area contributed by atoms with Gasteiger partial charge in [-0.25, -0.2) is 0 Å². The summed E-state index contributed by atoms with van der Waals surface area (Å²) in [6.45, 7) is 0.782. The number of benzene rings is 3. The molecule has 0 N–H and O–H groups in total. The standard InChI is InChI=1S/C19H14Br3N/c20-17-7-4-8-18(19(17)21)23(22)13-14-9-11-16(12-10-14)15-5-2-1-3-6-15/h1-12H,13H2. The highest BCUT2D eigenvalue weighted by Crippen LogP contribution is 2.35. The molecule has 0 fully saturated rings. The minimum atomic E-state index is 0.782. The van der Waals surface area contributed by atoms with Gasteiger partial charge in [-0.3, -0.25) is 0 Å². The highest BCUT2D eigenvalue weighted by molar-refractivity contribution is 9.13. The maximum absolute atomic E-state index is 3.65. The SMILES string of the molecule is Brc1cccc(N(Br)Cc2ccc(-c3ccccc3)cc2)c1Br. The Balaban J connectivity index is 1.77. The number of hydrogen-bond acceptors (Lipinski definition) is 1. The van der Waals surface area contributed by atoms with Gasteiger partial charge in [-0.2, -0.15) is 0 Å². The molecule has 3 aromatic carbocycles. The van der Waals surface area contributed by atoms with Crippen LogP contribution in [-0.2, 0) is 6.54 Å². The molecule has 0 heterocycles. The summed E-state index contributed by atoms with van der Waals surface area (Å²) in [6.07, 6.45) is 0. The fourth-order valence-electron chi connectivity index (χ4n) is 2.36. The molecule has 0 radical (unpaired) electrons. The first-order chi connectivity index (χ1) is 11.1. The maximum Gasteiger partial charge on any atom is 0.0628 e. The van der Waals surface area contributed by atoms with Gasteiger partial charge in [0.1, 0.15) is 0 Å². The van der Waals surface area contributed by atoms with E-state index in [1.165, 1.54) is 16.7 Å². The van der Waals surface area contributed by atoms with Crippen LogP contribution < -0.4 is 3.93 Å². The van der Waals surface area contributed by atoms with Crippen molar-refractivity contribution in [3.05, 3.63) is 87.3 Å². The lowest BCUT2D eigenvalue weighted by Crippen LogP contribution is -2.09. The van der Waals surface area contributed by atoms with Crippen LogP contribution in [0.3, 0.4) is 0 Å². The molecule has 0 amide bonds. The highest BCUT2D eigenvalue weighted by atomic mass is 79.9. The van der Waals surface area contributed by atoms with E-state index in [1.54, 1.807) is 0 Å². The van der Waals surface area contributed by atoms with Crippen LogP contribution in [0.25, 0.3) is 11.1 Å². The van der Waals surface area contributed by atoms with Gasteiger partial charge in [0.15, 0.2) is 0 Å². The van der Waals surface area contributed by atoms with Crippen LogP contribution in [0.4, 0.5) is 5.69 Å². The predicted molar refractivity (Wildman–Crippen MR) is 109 cm³/mol. The van der Waals surface area contributed by atoms with Crippen molar-refractivity contribution in [3.8, 4) is 11.1 Å². The molecule has 1 nitrogen and oxygen atoms in total. The molecule has 0 bridgehead atoms. The molecule has 0 saturated carbocycles. The molecule has 0 aliphatic rings. The third-order valence-corrected chi connectivity index (χ3v) is 6.23. The second-order valence-corrected chi connectivity index (χ2v) is 7.66. The van der Waals surface area contributed by atoms with Crippen LogP contribution in [0, 0.1) is 0 Å². The van der Waals surface area contributed by atoms with Crippen LogP contribution >= 0.6 is 48.0 Å². The first-order valence-electron chi connectivity index (χ1n) is 7.17. The Bertz CT molecular complexity index is 785. The summed E-state index contributed by atoms with van der Waals surface area (Å²) in [5, 5.41) is 0. The Morgan fingerprint density at radius 1 is 0.696 bits per heavy atom. The third kappa shape index (κ3) is 4.06. The van der Waals surface area contributed by atoms with Gasteiger partial charge in [-0.15, -0.1) is 0 Å². The summed E-state index contributed by atoms with van der Waals surface area (Å²) in [5.74, 6) is 0. The zero-order valence-corrected chi connectivity index (χ0v) is 17.0. The first kappa shape index (κ1) is 16.7. The van der Waals surface area contributed by atoms with Crippen molar-refractivity contribution in [2.45, 2.75) is 6.54 Å². The second kappa shape index (κ2) is 7.65. The van der Waals surface area contributed by atoms with E-state index in [0.29, 0.717) is 0 Å². The van der Waals surface area contributed by atoms with Gasteiger partial charge in [-0.05, 0) is 60.7 Å². The molecule has 3 rings (SSSR count). The van der Waals surface area contributed by atoms with Gasteiger partial charge in [0.2, 0.25) is 0 Å². The number of halogens is 3. The van der Waals surface area contributed by atoms with Crippen molar-refractivity contribution in [1.82, 2.24) is 0 Å². The molecule has 0 atom stereocenters. The Hall–Kier alpha value is -1.10. The van der Waals surface area contributed by atoms with Crippen LogP contribution in [0.1, 0.15) is 5.56 Å². The lowest BCUT2D eigenvalue weighted by Gasteiger charge is -2.19. The summed E-state index contributed by atoms with van der Waals surface area (Å²) < 4.78 is 4.14. The topological polar surface area (TPSA) is 3.24 Å². The number of nitrogens with zero attached hydrogens (tertiary/aromatic N) is 1. The van der Waals surface area contributed by atoms with Gasteiger partial charge < -0.3 is 3.93 Å². The molecule has 0 aliphatic heterocycles. The van der Waals surface area contributed by atoms with E-state index < -0.39 is 0 Å². The molecule has 0 saturated heterocycles. The normalized spacial score (nSPS) is 10.6. The fraction of sp³-hybridized carbons (Fsp3) is 0.0526. The van der Waals surface area contributed by atoms with Crippen molar-refractivity contribution in [2.75, 3.05) is 3.93 Å². The van der Waals surface area contributed by atoms with E-state index in [2.05, 4.69) is 107 Å². The van der Waals surface area contributed by atoms with E-state index in [4.69, 9.17) is 0 Å². The van der Waals surface area contributed by atoms with Gasteiger partial charge in [0.05, 0.1) is 32.9 Å². The number of anilines is 1. The second-order valence-electron chi connectivity index (χ2n) is 5.16. The largest absolute Gasteiger partial charge is 0.303 e. The summed E-state index contributed by atoms with van der Waals surface area (Å²) >= 11 is 10.8. The lowest BCUT2D eigenvalue weighted by molar-refractivity contribution is 1.06. The molecule has 0 spiro atoms. The molecular weight excluding hydrogens is 482 g/mol. The maximum atomic E-state index is 3.65. The Kier molecular flexibility index (Phi) is 5.57. The monoisotopic (exact) mass is 493 g/mol. The quantitative estimate of drug-likeness (QED) is 0.346. The molecular formula is C19H14Br3N. The van der Waals surface area contributed by atoms with Gasteiger partial charge in [0.25, 0.3) is 0 Å². The minimum Gasteiger partial charge on any atom is -0.303 e. The number of rotatable bonds is 4. The summed E-state index contributed by atoms with van der Waals surface area (Å²) in [4.78, 5) is 0. The van der Waals surface area contributed by atoms with Crippen LogP contribution in [-0.4, -0.2) is 0 Å². The van der Waals surface area contributed by atoms with Crippen LogP contribution in [0.5, 0.6) is 0 Å². The van der Waals surface area contributed by atoms with Crippen LogP contribution in [0.15, 0.2) is 81.7 Å². The van der Waals surface area contributed by atoms with E-state index in [0.717, 1.165) is 21.2 Å². The van der Waals surface area contributed by atoms with Gasteiger partial charge in [0, 0.05) is 4.47 Å². The van der Waals surface area contributed by atoms with Crippen LogP contribution in [0.2, 0.25) is 0 Å². The van der Waals surface area contributed by atoms with Crippen molar-refractivity contribution < 1.29 is 0 Å². The van der Waals surface area contributed by atoms with E-state index in [9.17, 15) is 0 Å². The average molecular weight is 496 g/mol. The van der Waals surface area contributed by atoms with Crippen molar-refractivity contribution in [3.63, 3.8) is 0 Å². The summed E-state index contributed by atoms with van der Waals surface area (Å²) in [5.41, 5.74) is 4.81. The van der Waals surface area contributed by atoms with Gasteiger partial charge in [-0.1, -0.05) is 60.7 Å². The predicted octanol–water partition coefficient (Wildman–Crippen LogP) is 7.20. The summed E-state index contributed by atoms with van der Waals surface area (Å²) in [6, 6.07) is 25.2. The minimum absolute atomic E-state index is 0.782. The third-order valence-electron chi connectivity index (χ3n) is 3.58. The molecule has 3 aromatic rings. The van der Waals surface area contributed by atoms with E-state index in [1.807, 2.05) is 18.2 Å². The lowest BCUT2D eigenvalue weighted by atomic mass is 10.0. The van der Waals surface area contributed by atoms with E-state index >= 15 is 0 Å². The zero-order chi connectivity index (χ0) is 16.2. The molecule has 23 heavy (non-hydrogen) atoms. The molecule has 0 aliphatic carbocycles.